The lowest BCUT2D eigenvalue weighted by atomic mass is 10.1. The van der Waals surface area contributed by atoms with Crippen LogP contribution in [0, 0.1) is 10.1 Å². The van der Waals surface area contributed by atoms with Crippen LogP contribution in [0.2, 0.25) is 5.02 Å². The topological polar surface area (TPSA) is 61.6 Å². The van der Waals surface area contributed by atoms with Crippen LogP contribution >= 0.6 is 11.6 Å². The molecule has 0 aliphatic carbocycles. The number of nitrogens with zero attached hydrogens (tertiary/aromatic N) is 1. The minimum atomic E-state index is -0.723. The van der Waals surface area contributed by atoms with E-state index in [1.807, 2.05) is 0 Å². The maximum atomic E-state index is 10.8. The normalized spacial score (nSPS) is 16.9. The van der Waals surface area contributed by atoms with Crippen LogP contribution in [-0.2, 0) is 9.47 Å². The average Bonchev–Trinajstić information content (AvgIpc) is 2.70. The molecule has 1 heterocycles. The second-order valence-corrected chi connectivity index (χ2v) is 3.41. The Morgan fingerprint density at radius 2 is 2.07 bits per heavy atom. The summed E-state index contributed by atoms with van der Waals surface area (Å²) < 4.78 is 10.4. The second kappa shape index (κ2) is 4.14. The van der Waals surface area contributed by atoms with Crippen LogP contribution in [0.4, 0.5) is 5.69 Å². The Bertz CT molecular complexity index is 390. The third kappa shape index (κ3) is 1.94. The van der Waals surface area contributed by atoms with Gasteiger partial charge in [-0.15, -0.1) is 0 Å². The van der Waals surface area contributed by atoms with Gasteiger partial charge in [0.1, 0.15) is 5.56 Å². The molecule has 0 unspecified atom stereocenters. The Hall–Kier alpha value is -1.17. The fourth-order valence-corrected chi connectivity index (χ4v) is 1.70. The first-order valence-electron chi connectivity index (χ1n) is 4.36. The van der Waals surface area contributed by atoms with Gasteiger partial charge < -0.3 is 9.47 Å². The molecule has 0 aromatic heterocycles. The fourth-order valence-electron chi connectivity index (χ4n) is 1.44. The van der Waals surface area contributed by atoms with Crippen molar-refractivity contribution in [2.45, 2.75) is 6.29 Å². The van der Waals surface area contributed by atoms with Crippen molar-refractivity contribution < 1.29 is 14.4 Å². The van der Waals surface area contributed by atoms with Gasteiger partial charge in [0.2, 0.25) is 0 Å². The summed E-state index contributed by atoms with van der Waals surface area (Å²) in [6.07, 6.45) is -0.723. The minimum absolute atomic E-state index is 0.0746. The first-order chi connectivity index (χ1) is 7.20. The zero-order valence-electron chi connectivity index (χ0n) is 7.68. The van der Waals surface area contributed by atoms with Gasteiger partial charge >= 0.3 is 0 Å². The van der Waals surface area contributed by atoms with Crippen molar-refractivity contribution in [1.29, 1.82) is 0 Å². The van der Waals surface area contributed by atoms with E-state index in [1.165, 1.54) is 12.1 Å². The summed E-state index contributed by atoms with van der Waals surface area (Å²) >= 11 is 5.89. The van der Waals surface area contributed by atoms with Gasteiger partial charge in [-0.1, -0.05) is 17.7 Å². The Morgan fingerprint density at radius 1 is 1.40 bits per heavy atom. The molecule has 6 heteroatoms. The molecule has 80 valence electrons. The van der Waals surface area contributed by atoms with Gasteiger partial charge in [-0.25, -0.2) is 0 Å². The van der Waals surface area contributed by atoms with Gasteiger partial charge in [-0.05, 0) is 6.07 Å². The summed E-state index contributed by atoms with van der Waals surface area (Å²) in [4.78, 5) is 10.3. The number of nitro groups is 1. The second-order valence-electron chi connectivity index (χ2n) is 3.00. The summed E-state index contributed by atoms with van der Waals surface area (Å²) in [5, 5.41) is 11.1. The molecular weight excluding hydrogens is 222 g/mol. The predicted octanol–water partition coefficient (Wildman–Crippen LogP) is 2.29. The molecule has 0 spiro atoms. The lowest BCUT2D eigenvalue weighted by Crippen LogP contribution is -2.03. The van der Waals surface area contributed by atoms with Crippen LogP contribution in [0.15, 0.2) is 18.2 Å². The minimum Gasteiger partial charge on any atom is -0.346 e. The third-order valence-corrected chi connectivity index (χ3v) is 2.41. The van der Waals surface area contributed by atoms with Gasteiger partial charge in [0, 0.05) is 6.07 Å². The highest BCUT2D eigenvalue weighted by Gasteiger charge is 2.29. The Kier molecular flexibility index (Phi) is 2.86. The number of halogens is 1. The van der Waals surface area contributed by atoms with E-state index < -0.39 is 11.2 Å². The van der Waals surface area contributed by atoms with Gasteiger partial charge in [0.25, 0.3) is 5.69 Å². The van der Waals surface area contributed by atoms with Gasteiger partial charge in [-0.2, -0.15) is 0 Å². The molecule has 1 aromatic carbocycles. The molecule has 1 aliphatic heterocycles. The van der Waals surface area contributed by atoms with Gasteiger partial charge in [0.15, 0.2) is 6.29 Å². The highest BCUT2D eigenvalue weighted by Crippen LogP contribution is 2.36. The molecule has 15 heavy (non-hydrogen) atoms. The van der Waals surface area contributed by atoms with E-state index in [-0.39, 0.29) is 10.7 Å². The molecule has 1 saturated heterocycles. The molecule has 0 N–H and O–H groups in total. The van der Waals surface area contributed by atoms with E-state index in [2.05, 4.69) is 0 Å². The Labute approximate surface area is 90.7 Å². The molecule has 2 rings (SSSR count). The van der Waals surface area contributed by atoms with Gasteiger partial charge in [0.05, 0.1) is 23.2 Å². The smallest absolute Gasteiger partial charge is 0.279 e. The van der Waals surface area contributed by atoms with Gasteiger partial charge in [-0.3, -0.25) is 10.1 Å². The van der Waals surface area contributed by atoms with Crippen LogP contribution in [0.25, 0.3) is 0 Å². The first-order valence-corrected chi connectivity index (χ1v) is 4.74. The zero-order valence-corrected chi connectivity index (χ0v) is 8.44. The summed E-state index contributed by atoms with van der Waals surface area (Å²) in [5.41, 5.74) is 0.219. The molecule has 0 bridgehead atoms. The van der Waals surface area contributed by atoms with Crippen molar-refractivity contribution >= 4 is 17.3 Å². The number of ether oxygens (including phenoxy) is 2. The van der Waals surface area contributed by atoms with E-state index >= 15 is 0 Å². The molecule has 0 amide bonds. The van der Waals surface area contributed by atoms with Crippen molar-refractivity contribution in [3.63, 3.8) is 0 Å². The monoisotopic (exact) mass is 229 g/mol. The molecular formula is C9H8ClNO4. The number of hydrogen-bond donors (Lipinski definition) is 0. The van der Waals surface area contributed by atoms with Crippen molar-refractivity contribution in [3.05, 3.63) is 38.9 Å². The van der Waals surface area contributed by atoms with Crippen LogP contribution in [0.3, 0.4) is 0 Å². The van der Waals surface area contributed by atoms with E-state index in [0.717, 1.165) is 0 Å². The average molecular weight is 230 g/mol. The molecule has 0 atom stereocenters. The number of rotatable bonds is 2. The SMILES string of the molecule is O=[N+]([O-])c1cccc(Cl)c1C1OCCO1. The molecule has 0 radical (unpaired) electrons. The third-order valence-electron chi connectivity index (χ3n) is 2.08. The lowest BCUT2D eigenvalue weighted by Gasteiger charge is -2.10. The first kappa shape index (κ1) is 10.4. The lowest BCUT2D eigenvalue weighted by molar-refractivity contribution is -0.386. The molecule has 1 aromatic rings. The Balaban J connectivity index is 2.46. The summed E-state index contributed by atoms with van der Waals surface area (Å²) in [5.74, 6) is 0. The maximum absolute atomic E-state index is 10.8. The van der Waals surface area contributed by atoms with E-state index in [1.54, 1.807) is 6.07 Å². The van der Waals surface area contributed by atoms with Crippen LogP contribution in [0.5, 0.6) is 0 Å². The number of hydrogen-bond acceptors (Lipinski definition) is 4. The highest BCUT2D eigenvalue weighted by molar-refractivity contribution is 6.31. The maximum Gasteiger partial charge on any atom is 0.279 e. The van der Waals surface area contributed by atoms with Crippen molar-refractivity contribution in [1.82, 2.24) is 0 Å². The zero-order chi connectivity index (χ0) is 10.8. The van der Waals surface area contributed by atoms with Crippen LogP contribution < -0.4 is 0 Å². The standard InChI is InChI=1S/C9H8ClNO4/c10-6-2-1-3-7(11(12)13)8(6)9-14-4-5-15-9/h1-3,9H,4-5H2. The van der Waals surface area contributed by atoms with E-state index in [4.69, 9.17) is 21.1 Å². The molecule has 0 saturated carbocycles. The molecule has 1 fully saturated rings. The van der Waals surface area contributed by atoms with Crippen molar-refractivity contribution in [2.75, 3.05) is 13.2 Å². The summed E-state index contributed by atoms with van der Waals surface area (Å²) in [7, 11) is 0. The van der Waals surface area contributed by atoms with E-state index in [9.17, 15) is 10.1 Å². The largest absolute Gasteiger partial charge is 0.346 e. The van der Waals surface area contributed by atoms with Crippen LogP contribution in [0.1, 0.15) is 11.9 Å². The quantitative estimate of drug-likeness (QED) is 0.577. The molecule has 5 nitrogen and oxygen atoms in total. The molecule has 1 aliphatic rings. The van der Waals surface area contributed by atoms with Crippen molar-refractivity contribution in [3.8, 4) is 0 Å². The number of nitro benzene ring substituents is 1. The number of benzene rings is 1. The summed E-state index contributed by atoms with van der Waals surface area (Å²) in [6, 6.07) is 4.49. The van der Waals surface area contributed by atoms with E-state index in [0.29, 0.717) is 18.8 Å². The summed E-state index contributed by atoms with van der Waals surface area (Å²) in [6.45, 7) is 0.847. The van der Waals surface area contributed by atoms with Crippen molar-refractivity contribution in [2.24, 2.45) is 0 Å². The highest BCUT2D eigenvalue weighted by atomic mass is 35.5. The Morgan fingerprint density at radius 3 is 2.67 bits per heavy atom. The fraction of sp³-hybridized carbons (Fsp3) is 0.333. The van der Waals surface area contributed by atoms with Crippen LogP contribution in [-0.4, -0.2) is 18.1 Å². The predicted molar refractivity (Wildman–Crippen MR) is 52.8 cm³/mol.